The molecule has 9 heteroatoms. The van der Waals surface area contributed by atoms with Crippen LogP contribution in [0.4, 0.5) is 13.6 Å². The average molecular weight is 487 g/mol. The number of benzene rings is 2. The molecule has 0 aromatic heterocycles. The number of alkyl halides is 2. The summed E-state index contributed by atoms with van der Waals surface area (Å²) < 4.78 is 34.1. The molecular formula is C26H28F2N2O5. The zero-order valence-electron chi connectivity index (χ0n) is 19.4. The van der Waals surface area contributed by atoms with Crippen molar-refractivity contribution < 1.29 is 33.0 Å². The summed E-state index contributed by atoms with van der Waals surface area (Å²) in [5.74, 6) is -7.94. The van der Waals surface area contributed by atoms with E-state index in [1.807, 2.05) is 48.5 Å². The van der Waals surface area contributed by atoms with Crippen molar-refractivity contribution >= 4 is 18.0 Å². The van der Waals surface area contributed by atoms with Gasteiger partial charge in [0.2, 0.25) is 5.91 Å². The first-order valence-electron chi connectivity index (χ1n) is 11.7. The highest BCUT2D eigenvalue weighted by Gasteiger charge is 2.72. The minimum Gasteiger partial charge on any atom is -0.481 e. The molecule has 1 saturated carbocycles. The summed E-state index contributed by atoms with van der Waals surface area (Å²) >= 11 is 0. The van der Waals surface area contributed by atoms with E-state index in [2.05, 4.69) is 5.32 Å². The van der Waals surface area contributed by atoms with Gasteiger partial charge in [0.15, 0.2) is 0 Å². The smallest absolute Gasteiger partial charge is 0.407 e. The SMILES string of the molecule is CCN(CCCC(=O)O)C(=O)C1C(CNC(=O)OCC2c3ccccc3-c3ccccc32)C1(F)F. The lowest BCUT2D eigenvalue weighted by molar-refractivity contribution is -0.139. The lowest BCUT2D eigenvalue weighted by Gasteiger charge is -2.20. The summed E-state index contributed by atoms with van der Waals surface area (Å²) in [6, 6.07) is 15.7. The second kappa shape index (κ2) is 10.0. The number of alkyl carbamates (subject to hydrolysis) is 1. The zero-order chi connectivity index (χ0) is 25.2. The molecule has 0 spiro atoms. The first-order valence-corrected chi connectivity index (χ1v) is 11.7. The molecule has 0 bridgehead atoms. The highest BCUT2D eigenvalue weighted by Crippen LogP contribution is 2.55. The van der Waals surface area contributed by atoms with Gasteiger partial charge in [-0.25, -0.2) is 13.6 Å². The summed E-state index contributed by atoms with van der Waals surface area (Å²) in [5, 5.41) is 11.1. The molecule has 186 valence electrons. The summed E-state index contributed by atoms with van der Waals surface area (Å²) in [6.07, 6.45) is -0.761. The first kappa shape index (κ1) is 24.6. The summed E-state index contributed by atoms with van der Waals surface area (Å²) in [6.45, 7) is 1.64. The maximum atomic E-state index is 14.3. The lowest BCUT2D eigenvalue weighted by atomic mass is 9.98. The van der Waals surface area contributed by atoms with Gasteiger partial charge in [-0.05, 0) is 35.6 Å². The van der Waals surface area contributed by atoms with E-state index in [9.17, 15) is 23.2 Å². The van der Waals surface area contributed by atoms with Crippen LogP contribution in [0.25, 0.3) is 11.1 Å². The molecule has 0 heterocycles. The molecule has 35 heavy (non-hydrogen) atoms. The summed E-state index contributed by atoms with van der Waals surface area (Å²) in [7, 11) is 0. The van der Waals surface area contributed by atoms with Crippen molar-refractivity contribution in [3.63, 3.8) is 0 Å². The molecule has 0 radical (unpaired) electrons. The van der Waals surface area contributed by atoms with Crippen LogP contribution in [0.3, 0.4) is 0 Å². The number of hydrogen-bond donors (Lipinski definition) is 2. The Bertz CT molecular complexity index is 1080. The number of ether oxygens (including phenoxy) is 1. The fourth-order valence-electron chi connectivity index (χ4n) is 4.87. The molecule has 2 unspecified atom stereocenters. The van der Waals surface area contributed by atoms with E-state index in [1.54, 1.807) is 6.92 Å². The van der Waals surface area contributed by atoms with Gasteiger partial charge in [0.25, 0.3) is 5.92 Å². The van der Waals surface area contributed by atoms with Crippen molar-refractivity contribution in [2.45, 2.75) is 31.6 Å². The predicted octanol–water partition coefficient (Wildman–Crippen LogP) is 4.12. The van der Waals surface area contributed by atoms with Crippen LogP contribution in [0.15, 0.2) is 48.5 Å². The van der Waals surface area contributed by atoms with E-state index < -0.39 is 35.7 Å². The molecule has 0 saturated heterocycles. The van der Waals surface area contributed by atoms with Gasteiger partial charge in [-0.2, -0.15) is 0 Å². The van der Waals surface area contributed by atoms with Gasteiger partial charge in [-0.3, -0.25) is 9.59 Å². The van der Waals surface area contributed by atoms with E-state index >= 15 is 0 Å². The quantitative estimate of drug-likeness (QED) is 0.527. The van der Waals surface area contributed by atoms with Gasteiger partial charge in [0.1, 0.15) is 12.5 Å². The largest absolute Gasteiger partial charge is 0.481 e. The van der Waals surface area contributed by atoms with Crippen LogP contribution < -0.4 is 5.32 Å². The van der Waals surface area contributed by atoms with E-state index in [4.69, 9.17) is 9.84 Å². The maximum Gasteiger partial charge on any atom is 0.407 e. The molecule has 2 aliphatic rings. The minimum atomic E-state index is -3.23. The number of carbonyl (C=O) groups is 3. The lowest BCUT2D eigenvalue weighted by Crippen LogP contribution is -2.35. The molecule has 4 rings (SSSR count). The standard InChI is InChI=1S/C26H28F2N2O5/c1-2-30(13-7-12-22(31)32)24(33)23-21(26(23,27)28)14-29-25(34)35-15-20-18-10-5-3-8-16(18)17-9-4-6-11-19(17)20/h3-6,8-11,20-21,23H,2,7,12-15H2,1H3,(H,29,34)(H,31,32). The molecule has 2 N–H and O–H groups in total. The minimum absolute atomic E-state index is 0.0659. The van der Waals surface area contributed by atoms with Gasteiger partial charge in [0, 0.05) is 32.0 Å². The van der Waals surface area contributed by atoms with Crippen LogP contribution in [-0.4, -0.2) is 60.1 Å². The van der Waals surface area contributed by atoms with Crippen LogP contribution in [0, 0.1) is 11.8 Å². The molecule has 1 fully saturated rings. The van der Waals surface area contributed by atoms with Crippen LogP contribution in [-0.2, 0) is 14.3 Å². The van der Waals surface area contributed by atoms with Gasteiger partial charge in [-0.1, -0.05) is 48.5 Å². The Kier molecular flexibility index (Phi) is 7.05. The number of nitrogens with zero attached hydrogens (tertiary/aromatic N) is 1. The van der Waals surface area contributed by atoms with Crippen molar-refractivity contribution in [2.24, 2.45) is 11.8 Å². The van der Waals surface area contributed by atoms with E-state index in [-0.39, 0.29) is 45.0 Å². The Hall–Kier alpha value is -3.49. The monoisotopic (exact) mass is 486 g/mol. The normalized spacial score (nSPS) is 19.4. The molecule has 2 atom stereocenters. The fraction of sp³-hybridized carbons (Fsp3) is 0.423. The molecule has 2 aliphatic carbocycles. The zero-order valence-corrected chi connectivity index (χ0v) is 19.4. The third-order valence-electron chi connectivity index (χ3n) is 6.79. The summed E-state index contributed by atoms with van der Waals surface area (Å²) in [5.41, 5.74) is 4.26. The highest BCUT2D eigenvalue weighted by molar-refractivity contribution is 5.84. The third-order valence-corrected chi connectivity index (χ3v) is 6.79. The fourth-order valence-corrected chi connectivity index (χ4v) is 4.87. The number of carboxylic acids is 1. The van der Waals surface area contributed by atoms with E-state index in [0.717, 1.165) is 22.3 Å². The molecule has 2 aromatic carbocycles. The van der Waals surface area contributed by atoms with Crippen molar-refractivity contribution in [3.05, 3.63) is 59.7 Å². The Morgan fingerprint density at radius 3 is 2.23 bits per heavy atom. The Balaban J connectivity index is 1.30. The number of rotatable bonds is 10. The van der Waals surface area contributed by atoms with Crippen molar-refractivity contribution in [3.8, 4) is 11.1 Å². The molecule has 2 aromatic rings. The number of nitrogens with one attached hydrogen (secondary N) is 1. The molecule has 7 nitrogen and oxygen atoms in total. The molecule has 2 amide bonds. The number of amides is 2. The summed E-state index contributed by atoms with van der Waals surface area (Å²) in [4.78, 5) is 36.8. The van der Waals surface area contributed by atoms with Crippen LogP contribution >= 0.6 is 0 Å². The Labute approximate surface area is 202 Å². The molecule has 0 aliphatic heterocycles. The van der Waals surface area contributed by atoms with Crippen molar-refractivity contribution in [1.29, 1.82) is 0 Å². The number of carboxylic acid groups (broad SMARTS) is 1. The Morgan fingerprint density at radius 1 is 1.06 bits per heavy atom. The van der Waals surface area contributed by atoms with Crippen molar-refractivity contribution in [1.82, 2.24) is 10.2 Å². The highest BCUT2D eigenvalue weighted by atomic mass is 19.3. The Morgan fingerprint density at radius 2 is 1.66 bits per heavy atom. The van der Waals surface area contributed by atoms with Gasteiger partial charge < -0.3 is 20.1 Å². The van der Waals surface area contributed by atoms with Gasteiger partial charge in [0.05, 0.1) is 5.92 Å². The van der Waals surface area contributed by atoms with Crippen molar-refractivity contribution in [2.75, 3.05) is 26.2 Å². The number of halogens is 2. The third kappa shape index (κ3) is 4.99. The number of fused-ring (bicyclic) bond motifs is 3. The number of hydrogen-bond acceptors (Lipinski definition) is 4. The molecular weight excluding hydrogens is 458 g/mol. The van der Waals surface area contributed by atoms with Gasteiger partial charge >= 0.3 is 12.1 Å². The number of carbonyl (C=O) groups excluding carboxylic acids is 2. The van der Waals surface area contributed by atoms with E-state index in [1.165, 1.54) is 4.90 Å². The average Bonchev–Trinajstić information content (AvgIpc) is 3.24. The topological polar surface area (TPSA) is 95.9 Å². The van der Waals surface area contributed by atoms with Crippen LogP contribution in [0.2, 0.25) is 0 Å². The first-order chi connectivity index (χ1) is 16.8. The second-order valence-corrected chi connectivity index (χ2v) is 8.88. The van der Waals surface area contributed by atoms with Gasteiger partial charge in [-0.15, -0.1) is 0 Å². The maximum absolute atomic E-state index is 14.3. The number of aliphatic carboxylic acids is 1. The van der Waals surface area contributed by atoms with E-state index in [0.29, 0.717) is 0 Å². The predicted molar refractivity (Wildman–Crippen MR) is 124 cm³/mol. The van der Waals surface area contributed by atoms with Crippen LogP contribution in [0.5, 0.6) is 0 Å². The van der Waals surface area contributed by atoms with Crippen LogP contribution in [0.1, 0.15) is 36.8 Å². The second-order valence-electron chi connectivity index (χ2n) is 8.88.